The second kappa shape index (κ2) is 21.6. The number of benzene rings is 15. The third-order valence-corrected chi connectivity index (χ3v) is 18.3. The molecule has 15 aromatic carbocycles. The van der Waals surface area contributed by atoms with Gasteiger partial charge in [0.15, 0.2) is 11.6 Å². The topological polar surface area (TPSA) is 6.48 Å². The highest BCUT2D eigenvalue weighted by atomic mass is 19.1. The molecule has 0 aliphatic heterocycles. The van der Waals surface area contributed by atoms with E-state index in [-0.39, 0.29) is 11.6 Å². The Bertz CT molecular complexity index is 5240. The summed E-state index contributed by atoms with van der Waals surface area (Å²) in [4.78, 5) is 4.21. The van der Waals surface area contributed by atoms with Gasteiger partial charge < -0.3 is 9.80 Å². The lowest BCUT2D eigenvalue weighted by Crippen LogP contribution is -2.25. The molecule has 0 heterocycles. The Hall–Kier alpha value is -11.2. The molecule has 2 nitrogen and oxygen atoms in total. The molecule has 1 aliphatic carbocycles. The molecular formula is C85H58F2N2. The van der Waals surface area contributed by atoms with Crippen molar-refractivity contribution in [3.8, 4) is 66.8 Å². The first-order valence-corrected chi connectivity index (χ1v) is 30.4. The van der Waals surface area contributed by atoms with Crippen molar-refractivity contribution >= 4 is 77.2 Å². The van der Waals surface area contributed by atoms with Crippen molar-refractivity contribution in [3.63, 3.8) is 0 Å². The van der Waals surface area contributed by atoms with Crippen molar-refractivity contribution in [1.82, 2.24) is 0 Å². The Morgan fingerprint density at radius 2 is 0.730 bits per heavy atom. The number of rotatable bonds is 11. The molecule has 0 N–H and O–H groups in total. The standard InChI is InChI=1S/C85H58F2N2/c1-85(2)76-38-22-37-70-75-53-68(89(67-42-41-58-28-19-21-34-62(58)48-67)79-52-64(55-23-8-3-9-24-55)49-73(83(79)86)59-29-12-5-13-30-59)43-45-71(75)80(60-31-14-6-15-32-60)82(81(70)76)72-46-44-69(54-77(72)85)88(66-35-16-7-17-36-66)78-51-65(56-25-10-4-11-26-56)50-74(84(78)87)63-40-39-57-27-18-20-33-61(57)47-63/h3-54H,1-2H3. The van der Waals surface area contributed by atoms with Gasteiger partial charge in [0.2, 0.25) is 0 Å². The largest absolute Gasteiger partial charge is 0.308 e. The van der Waals surface area contributed by atoms with Gasteiger partial charge >= 0.3 is 0 Å². The molecule has 0 radical (unpaired) electrons. The fraction of sp³-hybridized carbons (Fsp3) is 0.0353. The van der Waals surface area contributed by atoms with E-state index < -0.39 is 5.41 Å². The lowest BCUT2D eigenvalue weighted by Gasteiger charge is -2.38. The van der Waals surface area contributed by atoms with Crippen LogP contribution in [0.5, 0.6) is 0 Å². The van der Waals surface area contributed by atoms with Gasteiger partial charge in [0.1, 0.15) is 0 Å². The first kappa shape index (κ1) is 53.3. The zero-order chi connectivity index (χ0) is 59.7. The maximum atomic E-state index is 18.4. The van der Waals surface area contributed by atoms with Crippen molar-refractivity contribution in [3.05, 3.63) is 338 Å². The molecule has 1 aliphatic rings. The van der Waals surface area contributed by atoms with Crippen LogP contribution in [0.25, 0.3) is 110 Å². The summed E-state index contributed by atoms with van der Waals surface area (Å²) in [6, 6.07) is 109. The van der Waals surface area contributed by atoms with Crippen molar-refractivity contribution in [2.75, 3.05) is 9.80 Å². The lowest BCUT2D eigenvalue weighted by molar-refractivity contribution is 0.632. The number of anilines is 6. The molecule has 0 amide bonds. The van der Waals surface area contributed by atoms with E-state index in [1.165, 1.54) is 10.9 Å². The highest BCUT2D eigenvalue weighted by Crippen LogP contribution is 2.57. The molecule has 4 heteroatoms. The van der Waals surface area contributed by atoms with E-state index >= 15 is 8.78 Å². The molecule has 422 valence electrons. The number of hydrogen-bond donors (Lipinski definition) is 0. The number of para-hydroxylation sites is 1. The van der Waals surface area contributed by atoms with Gasteiger partial charge in [0.25, 0.3) is 0 Å². The predicted molar refractivity (Wildman–Crippen MR) is 370 cm³/mol. The van der Waals surface area contributed by atoms with Crippen molar-refractivity contribution in [2.24, 2.45) is 0 Å². The first-order chi connectivity index (χ1) is 43.7. The van der Waals surface area contributed by atoms with E-state index in [1.54, 1.807) is 0 Å². The summed E-state index contributed by atoms with van der Waals surface area (Å²) in [5.74, 6) is -0.623. The van der Waals surface area contributed by atoms with Gasteiger partial charge in [-0.1, -0.05) is 250 Å². The molecule has 16 rings (SSSR count). The van der Waals surface area contributed by atoms with Gasteiger partial charge in [-0.25, -0.2) is 8.78 Å². The van der Waals surface area contributed by atoms with Gasteiger partial charge in [-0.05, 0) is 189 Å². The summed E-state index contributed by atoms with van der Waals surface area (Å²) in [6.07, 6.45) is 0. The third kappa shape index (κ3) is 9.14. The molecule has 0 bridgehead atoms. The molecule has 89 heavy (non-hydrogen) atoms. The Morgan fingerprint density at radius 3 is 1.35 bits per heavy atom. The zero-order valence-electron chi connectivity index (χ0n) is 49.2. The highest BCUT2D eigenvalue weighted by molar-refractivity contribution is 6.24. The zero-order valence-corrected chi connectivity index (χ0v) is 49.2. The number of nitrogens with zero attached hydrogens (tertiary/aromatic N) is 2. The summed E-state index contributed by atoms with van der Waals surface area (Å²) >= 11 is 0. The summed E-state index contributed by atoms with van der Waals surface area (Å²) in [7, 11) is 0. The lowest BCUT2D eigenvalue weighted by atomic mass is 9.66. The number of halogens is 2. The van der Waals surface area contributed by atoms with Crippen LogP contribution in [0.2, 0.25) is 0 Å². The molecule has 0 saturated carbocycles. The predicted octanol–water partition coefficient (Wildman–Crippen LogP) is 24.2. The first-order valence-electron chi connectivity index (χ1n) is 30.4. The summed E-state index contributed by atoms with van der Waals surface area (Å²) in [6.45, 7) is 4.65. The second-order valence-corrected chi connectivity index (χ2v) is 23.8. The SMILES string of the molecule is CC1(C)c2cc(N(c3ccccc3)c3cc(-c4ccccc4)cc(-c4ccc5ccccc5c4)c3F)ccc2-c2c(-c3ccccc3)c3ccc(N(c4ccc5ccccc5c4)c4cc(-c5ccccc5)cc(-c5ccccc5)c4F)cc3c3cccc1c23. The van der Waals surface area contributed by atoms with E-state index in [0.29, 0.717) is 22.5 Å². The molecule has 15 aromatic rings. The van der Waals surface area contributed by atoms with E-state index in [4.69, 9.17) is 0 Å². The van der Waals surface area contributed by atoms with Crippen LogP contribution in [0.15, 0.2) is 315 Å². The van der Waals surface area contributed by atoms with Crippen LogP contribution in [-0.4, -0.2) is 0 Å². The van der Waals surface area contributed by atoms with Gasteiger partial charge in [-0.2, -0.15) is 0 Å². The second-order valence-electron chi connectivity index (χ2n) is 23.8. The summed E-state index contributed by atoms with van der Waals surface area (Å²) in [5, 5.41) is 8.70. The van der Waals surface area contributed by atoms with Crippen LogP contribution in [0.1, 0.15) is 25.0 Å². The maximum Gasteiger partial charge on any atom is 0.155 e. The molecule has 0 atom stereocenters. The average molecular weight is 1150 g/mol. The Balaban J connectivity index is 0.928. The Kier molecular flexibility index (Phi) is 13.0. The van der Waals surface area contributed by atoms with E-state index in [0.717, 1.165) is 122 Å². The van der Waals surface area contributed by atoms with Crippen molar-refractivity contribution in [2.45, 2.75) is 19.3 Å². The normalized spacial score (nSPS) is 12.4. The average Bonchev–Trinajstić information content (AvgIpc) is 0.719. The van der Waals surface area contributed by atoms with Gasteiger partial charge in [0, 0.05) is 39.3 Å². The molecule has 0 fully saturated rings. The van der Waals surface area contributed by atoms with Crippen LogP contribution < -0.4 is 9.80 Å². The fourth-order valence-electron chi connectivity index (χ4n) is 13.9. The maximum absolute atomic E-state index is 18.4. The van der Waals surface area contributed by atoms with Crippen molar-refractivity contribution < 1.29 is 8.78 Å². The van der Waals surface area contributed by atoms with Crippen LogP contribution in [-0.2, 0) is 5.41 Å². The molecule has 0 spiro atoms. The summed E-state index contributed by atoms with van der Waals surface area (Å²) < 4.78 is 36.6. The van der Waals surface area contributed by atoms with E-state index in [2.05, 4.69) is 212 Å². The third-order valence-electron chi connectivity index (χ3n) is 18.3. The van der Waals surface area contributed by atoms with Gasteiger partial charge in [-0.3, -0.25) is 0 Å². The number of fused-ring (bicyclic) bond motifs is 6. The van der Waals surface area contributed by atoms with Crippen LogP contribution >= 0.6 is 0 Å². The van der Waals surface area contributed by atoms with Gasteiger partial charge in [0.05, 0.1) is 11.4 Å². The van der Waals surface area contributed by atoms with E-state index in [1.807, 2.05) is 127 Å². The molecule has 0 aromatic heterocycles. The Labute approximate surface area is 517 Å². The summed E-state index contributed by atoms with van der Waals surface area (Å²) in [5.41, 5.74) is 16.9. The fourth-order valence-corrected chi connectivity index (χ4v) is 13.9. The number of hydrogen-bond acceptors (Lipinski definition) is 2. The minimum atomic E-state index is -0.549. The van der Waals surface area contributed by atoms with Crippen LogP contribution in [0, 0.1) is 11.6 Å². The van der Waals surface area contributed by atoms with Crippen LogP contribution in [0.4, 0.5) is 42.9 Å². The van der Waals surface area contributed by atoms with Crippen LogP contribution in [0.3, 0.4) is 0 Å². The van der Waals surface area contributed by atoms with E-state index in [9.17, 15) is 0 Å². The molecule has 0 saturated heterocycles. The highest BCUT2D eigenvalue weighted by Gasteiger charge is 2.37. The quantitative estimate of drug-likeness (QED) is 0.119. The minimum absolute atomic E-state index is 0.310. The Morgan fingerprint density at radius 1 is 0.258 bits per heavy atom. The monoisotopic (exact) mass is 1140 g/mol. The van der Waals surface area contributed by atoms with Crippen molar-refractivity contribution in [1.29, 1.82) is 0 Å². The minimum Gasteiger partial charge on any atom is -0.308 e. The van der Waals surface area contributed by atoms with Gasteiger partial charge in [-0.15, -0.1) is 0 Å². The molecular weight excluding hydrogens is 1090 g/mol. The molecule has 0 unspecified atom stereocenters. The smallest absolute Gasteiger partial charge is 0.155 e.